The van der Waals surface area contributed by atoms with Crippen LogP contribution >= 0.6 is 0 Å². The number of amides is 1. The summed E-state index contributed by atoms with van der Waals surface area (Å²) in [6, 6.07) is 35.8. The van der Waals surface area contributed by atoms with Crippen LogP contribution in [0.1, 0.15) is 27.0 Å². The van der Waals surface area contributed by atoms with Gasteiger partial charge in [-0.15, -0.1) is 0 Å². The van der Waals surface area contributed by atoms with E-state index in [0.717, 1.165) is 33.2 Å². The Morgan fingerprint density at radius 3 is 2.00 bits per heavy atom. The van der Waals surface area contributed by atoms with Crippen molar-refractivity contribution in [3.8, 4) is 11.5 Å². The van der Waals surface area contributed by atoms with Gasteiger partial charge < -0.3 is 10.2 Å². The van der Waals surface area contributed by atoms with E-state index in [2.05, 4.69) is 6.07 Å². The molecule has 0 aromatic heterocycles. The summed E-state index contributed by atoms with van der Waals surface area (Å²) in [5, 5.41) is 21.9. The van der Waals surface area contributed by atoms with Gasteiger partial charge in [0.2, 0.25) is 0 Å². The Labute approximate surface area is 197 Å². The van der Waals surface area contributed by atoms with Gasteiger partial charge in [0.15, 0.2) is 0 Å². The highest BCUT2D eigenvalue weighted by molar-refractivity contribution is 6.14. The van der Waals surface area contributed by atoms with E-state index < -0.39 is 5.54 Å². The Hall–Kier alpha value is -4.57. The van der Waals surface area contributed by atoms with Crippen LogP contribution in [-0.4, -0.2) is 16.1 Å². The normalized spacial score (nSPS) is 17.2. The molecule has 34 heavy (non-hydrogen) atoms. The average Bonchev–Trinajstić information content (AvgIpc) is 3.14. The molecule has 0 spiro atoms. The number of carbonyl (C=O) groups is 1. The fraction of sp³-hybridized carbons (Fsp3) is 0.0333. The van der Waals surface area contributed by atoms with Crippen LogP contribution in [0.15, 0.2) is 115 Å². The molecule has 0 radical (unpaired) electrons. The largest absolute Gasteiger partial charge is 0.508 e. The molecular weight excluding hydrogens is 422 g/mol. The van der Waals surface area contributed by atoms with Crippen molar-refractivity contribution in [2.24, 2.45) is 0 Å². The smallest absolute Gasteiger partial charge is 0.260 e. The Kier molecular flexibility index (Phi) is 4.42. The van der Waals surface area contributed by atoms with Crippen LogP contribution in [0.2, 0.25) is 0 Å². The number of anilines is 1. The van der Waals surface area contributed by atoms with Gasteiger partial charge in [0.1, 0.15) is 17.0 Å². The summed E-state index contributed by atoms with van der Waals surface area (Å²) in [4.78, 5) is 15.8. The first kappa shape index (κ1) is 20.1. The van der Waals surface area contributed by atoms with Crippen LogP contribution in [0.25, 0.3) is 10.8 Å². The lowest BCUT2D eigenvalue weighted by molar-refractivity contribution is 0.0986. The van der Waals surface area contributed by atoms with E-state index in [-0.39, 0.29) is 17.4 Å². The number of carbonyl (C=O) groups excluding carboxylic acids is 1. The number of fused-ring (bicyclic) bond motifs is 2. The molecule has 1 heterocycles. The summed E-state index contributed by atoms with van der Waals surface area (Å²) < 4.78 is 0. The molecule has 1 unspecified atom stereocenters. The van der Waals surface area contributed by atoms with Gasteiger partial charge in [-0.3, -0.25) is 9.69 Å². The fourth-order valence-electron chi connectivity index (χ4n) is 5.16. The maximum absolute atomic E-state index is 14.0. The molecule has 0 saturated heterocycles. The van der Waals surface area contributed by atoms with Crippen LogP contribution < -0.4 is 4.90 Å². The average molecular weight is 444 g/mol. The number of hydrogen-bond acceptors (Lipinski definition) is 3. The van der Waals surface area contributed by atoms with Crippen molar-refractivity contribution in [1.29, 1.82) is 0 Å². The van der Waals surface area contributed by atoms with Crippen molar-refractivity contribution in [2.45, 2.75) is 5.54 Å². The molecule has 0 saturated carbocycles. The molecular formula is C30H21NO3. The Bertz CT molecular complexity index is 1540. The second-order valence-electron chi connectivity index (χ2n) is 8.53. The zero-order valence-corrected chi connectivity index (χ0v) is 18.2. The van der Waals surface area contributed by atoms with Gasteiger partial charge in [-0.05, 0) is 76.0 Å². The number of para-hydroxylation sites is 1. The summed E-state index contributed by atoms with van der Waals surface area (Å²) in [5.41, 5.74) is 3.14. The first-order chi connectivity index (χ1) is 16.6. The SMILES string of the molecule is O=C1c2ccccc2C(c2ccc(O)cc2)(c2ccc3cc(O)ccc3c2)N1c1ccccc1. The number of phenolic OH excluding ortho intramolecular Hbond substituents is 2. The van der Waals surface area contributed by atoms with Gasteiger partial charge in [-0.2, -0.15) is 0 Å². The van der Waals surface area contributed by atoms with Crippen molar-refractivity contribution in [2.75, 3.05) is 4.90 Å². The molecule has 1 aliphatic rings. The predicted molar refractivity (Wildman–Crippen MR) is 133 cm³/mol. The van der Waals surface area contributed by atoms with Crippen molar-refractivity contribution in [3.05, 3.63) is 138 Å². The molecule has 1 atom stereocenters. The number of hydrogen-bond donors (Lipinski definition) is 2. The maximum atomic E-state index is 14.0. The molecule has 1 amide bonds. The highest BCUT2D eigenvalue weighted by atomic mass is 16.3. The minimum Gasteiger partial charge on any atom is -0.508 e. The van der Waals surface area contributed by atoms with E-state index in [1.54, 1.807) is 24.3 Å². The third-order valence-corrected chi connectivity index (χ3v) is 6.63. The second kappa shape index (κ2) is 7.49. The van der Waals surface area contributed by atoms with E-state index in [0.29, 0.717) is 5.56 Å². The van der Waals surface area contributed by atoms with Crippen LogP contribution in [0, 0.1) is 0 Å². The van der Waals surface area contributed by atoms with Gasteiger partial charge in [-0.25, -0.2) is 0 Å². The topological polar surface area (TPSA) is 60.8 Å². The first-order valence-corrected chi connectivity index (χ1v) is 11.1. The van der Waals surface area contributed by atoms with Crippen LogP contribution in [0.5, 0.6) is 11.5 Å². The number of nitrogens with zero attached hydrogens (tertiary/aromatic N) is 1. The molecule has 5 aromatic rings. The van der Waals surface area contributed by atoms with Gasteiger partial charge in [-0.1, -0.05) is 66.7 Å². The Morgan fingerprint density at radius 1 is 0.588 bits per heavy atom. The number of benzene rings is 5. The van der Waals surface area contributed by atoms with Gasteiger partial charge >= 0.3 is 0 Å². The molecule has 0 fully saturated rings. The highest BCUT2D eigenvalue weighted by Crippen LogP contribution is 2.51. The second-order valence-corrected chi connectivity index (χ2v) is 8.53. The van der Waals surface area contributed by atoms with E-state index in [1.807, 2.05) is 89.8 Å². The Morgan fingerprint density at radius 2 is 1.21 bits per heavy atom. The highest BCUT2D eigenvalue weighted by Gasteiger charge is 2.52. The van der Waals surface area contributed by atoms with Crippen molar-refractivity contribution < 1.29 is 15.0 Å². The van der Waals surface area contributed by atoms with Gasteiger partial charge in [0.25, 0.3) is 5.91 Å². The molecule has 5 aromatic carbocycles. The first-order valence-electron chi connectivity index (χ1n) is 11.1. The Balaban J connectivity index is 1.75. The lowest BCUT2D eigenvalue weighted by atomic mass is 9.76. The standard InChI is InChI=1S/C30H21NO3/c32-25-16-13-22(14-17-25)30(23-12-10-21-19-26(33)15-11-20(21)18-23)28-9-5-4-8-27(28)29(34)31(30)24-6-2-1-3-7-24/h1-19,32-33H. The molecule has 4 heteroatoms. The number of rotatable bonds is 3. The number of aromatic hydroxyl groups is 2. The maximum Gasteiger partial charge on any atom is 0.260 e. The summed E-state index contributed by atoms with van der Waals surface area (Å²) in [5.74, 6) is 0.290. The van der Waals surface area contributed by atoms with Crippen LogP contribution in [-0.2, 0) is 5.54 Å². The van der Waals surface area contributed by atoms with Crippen LogP contribution in [0.3, 0.4) is 0 Å². The fourth-order valence-corrected chi connectivity index (χ4v) is 5.16. The summed E-state index contributed by atoms with van der Waals surface area (Å²) in [7, 11) is 0. The third kappa shape index (κ3) is 2.82. The number of phenols is 2. The van der Waals surface area contributed by atoms with E-state index in [4.69, 9.17) is 0 Å². The van der Waals surface area contributed by atoms with Gasteiger partial charge in [0, 0.05) is 11.3 Å². The quantitative estimate of drug-likeness (QED) is 0.349. The predicted octanol–water partition coefficient (Wildman–Crippen LogP) is 6.20. The van der Waals surface area contributed by atoms with E-state index in [1.165, 1.54) is 0 Å². The van der Waals surface area contributed by atoms with Crippen LogP contribution in [0.4, 0.5) is 5.69 Å². The minimum atomic E-state index is -0.950. The lowest BCUT2D eigenvalue weighted by Gasteiger charge is -2.40. The summed E-state index contributed by atoms with van der Waals surface area (Å²) in [6.07, 6.45) is 0. The van der Waals surface area contributed by atoms with Crippen molar-refractivity contribution in [3.63, 3.8) is 0 Å². The lowest BCUT2D eigenvalue weighted by Crippen LogP contribution is -2.46. The monoisotopic (exact) mass is 443 g/mol. The van der Waals surface area contributed by atoms with Crippen molar-refractivity contribution in [1.82, 2.24) is 0 Å². The summed E-state index contributed by atoms with van der Waals surface area (Å²) >= 11 is 0. The summed E-state index contributed by atoms with van der Waals surface area (Å²) in [6.45, 7) is 0. The molecule has 1 aliphatic heterocycles. The van der Waals surface area contributed by atoms with Crippen molar-refractivity contribution >= 4 is 22.4 Å². The van der Waals surface area contributed by atoms with E-state index in [9.17, 15) is 15.0 Å². The molecule has 6 rings (SSSR count). The van der Waals surface area contributed by atoms with Gasteiger partial charge in [0.05, 0.1) is 0 Å². The third-order valence-electron chi connectivity index (χ3n) is 6.63. The molecule has 0 bridgehead atoms. The zero-order chi connectivity index (χ0) is 23.3. The van der Waals surface area contributed by atoms with E-state index >= 15 is 0 Å². The molecule has 0 aliphatic carbocycles. The molecule has 164 valence electrons. The molecule has 2 N–H and O–H groups in total. The molecule has 4 nitrogen and oxygen atoms in total. The minimum absolute atomic E-state index is 0.0827. The zero-order valence-electron chi connectivity index (χ0n) is 18.2.